The Labute approximate surface area is 174 Å². The highest BCUT2D eigenvalue weighted by molar-refractivity contribution is 6.42. The third kappa shape index (κ3) is 4.97. The molecule has 0 aromatic heterocycles. The summed E-state index contributed by atoms with van der Waals surface area (Å²) in [6, 6.07) is 14.2. The van der Waals surface area contributed by atoms with Crippen LogP contribution in [0.25, 0.3) is 0 Å². The lowest BCUT2D eigenvalue weighted by molar-refractivity contribution is -0.122. The summed E-state index contributed by atoms with van der Waals surface area (Å²) in [5, 5.41) is 0.733. The van der Waals surface area contributed by atoms with Crippen LogP contribution in [0.15, 0.2) is 48.5 Å². The van der Waals surface area contributed by atoms with Gasteiger partial charge in [-0.25, -0.2) is 0 Å². The minimum absolute atomic E-state index is 0.146. The molecule has 1 saturated heterocycles. The van der Waals surface area contributed by atoms with Crippen molar-refractivity contribution in [2.75, 3.05) is 19.7 Å². The van der Waals surface area contributed by atoms with Crippen molar-refractivity contribution in [2.45, 2.75) is 19.3 Å². The average molecular weight is 421 g/mol. The van der Waals surface area contributed by atoms with Crippen molar-refractivity contribution in [3.05, 3.63) is 64.1 Å². The van der Waals surface area contributed by atoms with E-state index >= 15 is 0 Å². The normalized spacial score (nSPS) is 19.3. The van der Waals surface area contributed by atoms with E-state index in [0.29, 0.717) is 35.3 Å². The fourth-order valence-electron chi connectivity index (χ4n) is 3.63. The Morgan fingerprint density at radius 2 is 1.86 bits per heavy atom. The van der Waals surface area contributed by atoms with Crippen molar-refractivity contribution < 1.29 is 14.3 Å². The van der Waals surface area contributed by atoms with Crippen molar-refractivity contribution in [2.24, 2.45) is 11.1 Å². The molecule has 1 fully saturated rings. The van der Waals surface area contributed by atoms with Crippen molar-refractivity contribution in [3.63, 3.8) is 0 Å². The Morgan fingerprint density at radius 3 is 2.54 bits per heavy atom. The lowest BCUT2D eigenvalue weighted by Crippen LogP contribution is -2.50. The van der Waals surface area contributed by atoms with E-state index in [2.05, 4.69) is 0 Å². The first-order valence-corrected chi connectivity index (χ1v) is 9.85. The van der Waals surface area contributed by atoms with Crippen LogP contribution in [0.3, 0.4) is 0 Å². The van der Waals surface area contributed by atoms with Gasteiger partial charge in [-0.05, 0) is 43.2 Å². The smallest absolute Gasteiger partial charge is 0.253 e. The Balaban J connectivity index is 1.77. The largest absolute Gasteiger partial charge is 0.493 e. The lowest BCUT2D eigenvalue weighted by atomic mass is 9.77. The van der Waals surface area contributed by atoms with Gasteiger partial charge in [0.2, 0.25) is 5.91 Å². The maximum absolute atomic E-state index is 13.0. The summed E-state index contributed by atoms with van der Waals surface area (Å²) in [5.41, 5.74) is 5.46. The second-order valence-corrected chi connectivity index (χ2v) is 8.02. The molecule has 5 nitrogen and oxygen atoms in total. The number of primary amides is 1. The van der Waals surface area contributed by atoms with Gasteiger partial charge in [-0.1, -0.05) is 41.4 Å². The van der Waals surface area contributed by atoms with Gasteiger partial charge >= 0.3 is 0 Å². The third-order valence-corrected chi connectivity index (χ3v) is 5.69. The Hall–Kier alpha value is -2.24. The number of nitrogens with zero attached hydrogens (tertiary/aromatic N) is 1. The zero-order chi connectivity index (χ0) is 20.1. The molecular weight excluding hydrogens is 399 g/mol. The summed E-state index contributed by atoms with van der Waals surface area (Å²) >= 11 is 12.0. The molecule has 0 radical (unpaired) electrons. The van der Waals surface area contributed by atoms with Gasteiger partial charge in [-0.2, -0.15) is 0 Å². The van der Waals surface area contributed by atoms with E-state index in [-0.39, 0.29) is 12.3 Å². The van der Waals surface area contributed by atoms with E-state index < -0.39 is 11.3 Å². The van der Waals surface area contributed by atoms with Crippen LogP contribution in [-0.2, 0) is 4.79 Å². The summed E-state index contributed by atoms with van der Waals surface area (Å²) in [5.74, 6) is 0.173. The standard InChI is InChI=1S/C21H22Cl2N2O3/c22-17-8-7-15(11-18(17)23)20(27)25-10-4-9-21(13-25,12-19(24)26)14-28-16-5-2-1-3-6-16/h1-3,5-8,11H,4,9-10,12-14H2,(H2,24,26)/t21-/m0/s1. The van der Waals surface area contributed by atoms with Crippen molar-refractivity contribution in [1.29, 1.82) is 0 Å². The predicted octanol–water partition coefficient (Wildman–Crippen LogP) is 4.17. The fraction of sp³-hybridized carbons (Fsp3) is 0.333. The summed E-state index contributed by atoms with van der Waals surface area (Å²) in [7, 11) is 0. The van der Waals surface area contributed by atoms with E-state index in [1.54, 1.807) is 23.1 Å². The van der Waals surface area contributed by atoms with Gasteiger partial charge in [0.25, 0.3) is 5.91 Å². The molecule has 1 aliphatic heterocycles. The molecule has 7 heteroatoms. The first-order valence-electron chi connectivity index (χ1n) is 9.09. The quantitative estimate of drug-likeness (QED) is 0.761. The molecule has 2 N–H and O–H groups in total. The number of rotatable bonds is 6. The Morgan fingerprint density at radius 1 is 1.11 bits per heavy atom. The summed E-state index contributed by atoms with van der Waals surface area (Å²) in [6.45, 7) is 1.30. The van der Waals surface area contributed by atoms with Crippen LogP contribution in [0.1, 0.15) is 29.6 Å². The maximum atomic E-state index is 13.0. The molecule has 2 aromatic carbocycles. The highest BCUT2D eigenvalue weighted by atomic mass is 35.5. The predicted molar refractivity (Wildman–Crippen MR) is 110 cm³/mol. The van der Waals surface area contributed by atoms with Gasteiger partial charge in [-0.3, -0.25) is 9.59 Å². The van der Waals surface area contributed by atoms with Gasteiger partial charge in [0, 0.05) is 30.5 Å². The van der Waals surface area contributed by atoms with Gasteiger partial charge in [-0.15, -0.1) is 0 Å². The van der Waals surface area contributed by atoms with Crippen molar-refractivity contribution in [1.82, 2.24) is 4.90 Å². The summed E-state index contributed by atoms with van der Waals surface area (Å²) in [6.07, 6.45) is 1.68. The number of carbonyl (C=O) groups is 2. The molecule has 0 spiro atoms. The van der Waals surface area contributed by atoms with Gasteiger partial charge < -0.3 is 15.4 Å². The number of carbonyl (C=O) groups excluding carboxylic acids is 2. The van der Waals surface area contributed by atoms with Crippen LogP contribution in [0, 0.1) is 5.41 Å². The first-order chi connectivity index (χ1) is 13.4. The van der Waals surface area contributed by atoms with Crippen LogP contribution in [0.5, 0.6) is 5.75 Å². The van der Waals surface area contributed by atoms with E-state index in [4.69, 9.17) is 33.7 Å². The Kier molecular flexibility index (Phi) is 6.47. The highest BCUT2D eigenvalue weighted by Crippen LogP contribution is 2.35. The van der Waals surface area contributed by atoms with E-state index in [0.717, 1.165) is 18.6 Å². The Bertz CT molecular complexity index is 860. The molecular formula is C21H22Cl2N2O3. The molecule has 0 unspecified atom stereocenters. The average Bonchev–Trinajstić information content (AvgIpc) is 2.68. The van der Waals surface area contributed by atoms with E-state index in [9.17, 15) is 9.59 Å². The molecule has 28 heavy (non-hydrogen) atoms. The second-order valence-electron chi connectivity index (χ2n) is 7.20. The number of likely N-dealkylation sites (tertiary alicyclic amines) is 1. The van der Waals surface area contributed by atoms with Gasteiger partial charge in [0.05, 0.1) is 16.7 Å². The number of benzene rings is 2. The zero-order valence-corrected chi connectivity index (χ0v) is 16.9. The number of amides is 2. The minimum Gasteiger partial charge on any atom is -0.493 e. The van der Waals surface area contributed by atoms with Crippen molar-refractivity contribution in [3.8, 4) is 5.75 Å². The second kappa shape index (κ2) is 8.84. The molecule has 1 aliphatic rings. The highest BCUT2D eigenvalue weighted by Gasteiger charge is 2.39. The SMILES string of the molecule is NC(=O)C[C@@]1(COc2ccccc2)CCCN(C(=O)c2ccc(Cl)c(Cl)c2)C1. The topological polar surface area (TPSA) is 72.6 Å². The first kappa shape index (κ1) is 20.5. The number of hydrogen-bond donors (Lipinski definition) is 1. The number of piperidine rings is 1. The summed E-state index contributed by atoms with van der Waals surface area (Å²) < 4.78 is 5.93. The number of hydrogen-bond acceptors (Lipinski definition) is 3. The van der Waals surface area contributed by atoms with Crippen LogP contribution >= 0.6 is 23.2 Å². The molecule has 0 saturated carbocycles. The molecule has 0 aliphatic carbocycles. The summed E-state index contributed by atoms with van der Waals surface area (Å²) in [4.78, 5) is 26.5. The number of ether oxygens (including phenoxy) is 1. The van der Waals surface area contributed by atoms with Crippen LogP contribution in [0.2, 0.25) is 10.0 Å². The number of para-hydroxylation sites is 1. The minimum atomic E-state index is -0.522. The molecule has 3 rings (SSSR count). The monoisotopic (exact) mass is 420 g/mol. The van der Waals surface area contributed by atoms with Crippen LogP contribution in [-0.4, -0.2) is 36.4 Å². The molecule has 148 valence electrons. The molecule has 0 bridgehead atoms. The zero-order valence-electron chi connectivity index (χ0n) is 15.4. The lowest BCUT2D eigenvalue weighted by Gasteiger charge is -2.42. The van der Waals surface area contributed by atoms with E-state index in [1.807, 2.05) is 30.3 Å². The van der Waals surface area contributed by atoms with Crippen LogP contribution in [0.4, 0.5) is 0 Å². The third-order valence-electron chi connectivity index (χ3n) is 4.95. The maximum Gasteiger partial charge on any atom is 0.253 e. The van der Waals surface area contributed by atoms with Gasteiger partial charge in [0.15, 0.2) is 0 Å². The molecule has 2 amide bonds. The number of halogens is 2. The molecule has 2 aromatic rings. The van der Waals surface area contributed by atoms with Crippen LogP contribution < -0.4 is 10.5 Å². The number of nitrogens with two attached hydrogens (primary N) is 1. The molecule has 1 heterocycles. The fourth-order valence-corrected chi connectivity index (χ4v) is 3.93. The molecule has 1 atom stereocenters. The van der Waals surface area contributed by atoms with Crippen molar-refractivity contribution >= 4 is 35.0 Å². The van der Waals surface area contributed by atoms with Gasteiger partial charge in [0.1, 0.15) is 5.75 Å². The van der Waals surface area contributed by atoms with E-state index in [1.165, 1.54) is 0 Å².